The van der Waals surface area contributed by atoms with Crippen molar-refractivity contribution in [1.29, 1.82) is 0 Å². The highest BCUT2D eigenvalue weighted by atomic mass is 32.2. The number of carbonyl (C=O) groups is 3. The van der Waals surface area contributed by atoms with Crippen molar-refractivity contribution in [3.63, 3.8) is 0 Å². The van der Waals surface area contributed by atoms with Gasteiger partial charge in [0.05, 0.1) is 24.1 Å². The molecule has 9 heteroatoms. The summed E-state index contributed by atoms with van der Waals surface area (Å²) in [4.78, 5) is 40.9. The Hall–Kier alpha value is -2.81. The first-order valence-corrected chi connectivity index (χ1v) is 7.96. The molecule has 0 unspecified atom stereocenters. The molecule has 1 aromatic carbocycles. The molecular formula is C15H15N3O5S. The number of aromatic amines is 1. The highest BCUT2D eigenvalue weighted by Gasteiger charge is 2.12. The quantitative estimate of drug-likeness (QED) is 0.516. The Balaban J connectivity index is 1.84. The van der Waals surface area contributed by atoms with Gasteiger partial charge in [0.15, 0.2) is 5.16 Å². The summed E-state index contributed by atoms with van der Waals surface area (Å²) in [7, 11) is 0. The van der Waals surface area contributed by atoms with Gasteiger partial charge in [0.2, 0.25) is 5.91 Å². The normalized spacial score (nSPS) is 10.2. The van der Waals surface area contributed by atoms with Crippen LogP contribution in [-0.2, 0) is 9.53 Å². The molecule has 1 heterocycles. The number of amides is 1. The topological polar surface area (TPSA) is 121 Å². The molecule has 0 aliphatic rings. The van der Waals surface area contributed by atoms with Gasteiger partial charge in [-0.15, -0.1) is 0 Å². The Kier molecular flexibility index (Phi) is 5.96. The van der Waals surface area contributed by atoms with E-state index in [1.54, 1.807) is 6.92 Å². The summed E-state index contributed by atoms with van der Waals surface area (Å²) < 4.78 is 4.83. The number of esters is 1. The number of benzene rings is 1. The molecule has 3 N–H and O–H groups in total. The number of imidazole rings is 1. The number of aromatic carboxylic acids is 1. The molecule has 0 aliphatic heterocycles. The molecule has 0 spiro atoms. The Morgan fingerprint density at radius 3 is 2.62 bits per heavy atom. The third-order valence-corrected chi connectivity index (χ3v) is 3.69. The molecule has 0 saturated carbocycles. The van der Waals surface area contributed by atoms with E-state index < -0.39 is 11.9 Å². The molecule has 0 saturated heterocycles. The third kappa shape index (κ3) is 4.85. The van der Waals surface area contributed by atoms with Crippen LogP contribution in [0.1, 0.15) is 27.8 Å². The van der Waals surface area contributed by atoms with E-state index in [-0.39, 0.29) is 29.5 Å². The maximum absolute atomic E-state index is 11.9. The average molecular weight is 349 g/mol. The Morgan fingerprint density at radius 1 is 1.29 bits per heavy atom. The number of carbonyl (C=O) groups excluding carboxylic acids is 2. The first-order chi connectivity index (χ1) is 11.5. The van der Waals surface area contributed by atoms with E-state index in [1.165, 1.54) is 30.5 Å². The van der Waals surface area contributed by atoms with Gasteiger partial charge in [-0.25, -0.2) is 14.6 Å². The molecular weight excluding hydrogens is 334 g/mol. The number of thioether (sulfide) groups is 1. The monoisotopic (exact) mass is 349 g/mol. The molecule has 126 valence electrons. The van der Waals surface area contributed by atoms with Crippen LogP contribution in [-0.4, -0.2) is 45.3 Å². The van der Waals surface area contributed by atoms with Crippen molar-refractivity contribution >= 4 is 35.3 Å². The summed E-state index contributed by atoms with van der Waals surface area (Å²) in [5.74, 6) is -1.73. The first-order valence-electron chi connectivity index (χ1n) is 6.97. The minimum absolute atomic E-state index is 0.0798. The molecule has 1 amide bonds. The van der Waals surface area contributed by atoms with Gasteiger partial charge in [0.25, 0.3) is 0 Å². The number of hydrogen-bond acceptors (Lipinski definition) is 6. The van der Waals surface area contributed by atoms with E-state index in [1.807, 2.05) is 0 Å². The predicted molar refractivity (Wildman–Crippen MR) is 87.3 cm³/mol. The number of carboxylic acids is 1. The standard InChI is InChI=1S/C15H15N3O5S/c1-2-23-14(22)11-7-16-15(18-11)24-8-12(19)17-10-5-3-9(4-6-10)13(20)21/h3-7H,2,8H2,1H3,(H,16,18)(H,17,19)(H,20,21). The second-order valence-electron chi connectivity index (χ2n) is 4.54. The van der Waals surface area contributed by atoms with Crippen LogP contribution in [0.4, 0.5) is 5.69 Å². The lowest BCUT2D eigenvalue weighted by molar-refractivity contribution is -0.113. The molecule has 2 rings (SSSR count). The molecule has 0 radical (unpaired) electrons. The summed E-state index contributed by atoms with van der Waals surface area (Å²) in [5.41, 5.74) is 0.866. The van der Waals surface area contributed by atoms with Crippen LogP contribution < -0.4 is 5.32 Å². The molecule has 0 atom stereocenters. The third-order valence-electron chi connectivity index (χ3n) is 2.80. The fourth-order valence-electron chi connectivity index (χ4n) is 1.72. The maximum atomic E-state index is 11.9. The van der Waals surface area contributed by atoms with Crippen LogP contribution in [0.15, 0.2) is 35.6 Å². The van der Waals surface area contributed by atoms with Crippen molar-refractivity contribution in [2.24, 2.45) is 0 Å². The second kappa shape index (κ2) is 8.16. The van der Waals surface area contributed by atoms with Gasteiger partial charge in [-0.3, -0.25) is 4.79 Å². The van der Waals surface area contributed by atoms with E-state index in [0.717, 1.165) is 11.8 Å². The smallest absolute Gasteiger partial charge is 0.356 e. The van der Waals surface area contributed by atoms with Crippen molar-refractivity contribution in [3.8, 4) is 0 Å². The maximum Gasteiger partial charge on any atom is 0.356 e. The molecule has 24 heavy (non-hydrogen) atoms. The van der Waals surface area contributed by atoms with E-state index >= 15 is 0 Å². The van der Waals surface area contributed by atoms with Crippen LogP contribution in [0.25, 0.3) is 0 Å². The van der Waals surface area contributed by atoms with Crippen LogP contribution in [0.3, 0.4) is 0 Å². The Labute approximate surface area is 141 Å². The Bertz CT molecular complexity index is 742. The van der Waals surface area contributed by atoms with Crippen molar-refractivity contribution in [3.05, 3.63) is 41.7 Å². The summed E-state index contributed by atoms with van der Waals surface area (Å²) in [5, 5.41) is 11.9. The van der Waals surface area contributed by atoms with Crippen LogP contribution in [0.2, 0.25) is 0 Å². The number of ether oxygens (including phenoxy) is 1. The number of carboxylic acid groups (broad SMARTS) is 1. The summed E-state index contributed by atoms with van der Waals surface area (Å²) >= 11 is 1.13. The van der Waals surface area contributed by atoms with Crippen molar-refractivity contribution in [2.75, 3.05) is 17.7 Å². The highest BCUT2D eigenvalue weighted by molar-refractivity contribution is 7.99. The summed E-state index contributed by atoms with van der Waals surface area (Å²) in [6.07, 6.45) is 1.35. The number of hydrogen-bond donors (Lipinski definition) is 3. The fourth-order valence-corrected chi connectivity index (χ4v) is 2.37. The minimum Gasteiger partial charge on any atom is -0.478 e. The zero-order chi connectivity index (χ0) is 17.5. The lowest BCUT2D eigenvalue weighted by Gasteiger charge is -2.04. The van der Waals surface area contributed by atoms with Gasteiger partial charge < -0.3 is 20.1 Å². The van der Waals surface area contributed by atoms with Crippen molar-refractivity contribution < 1.29 is 24.2 Å². The molecule has 0 aliphatic carbocycles. The van der Waals surface area contributed by atoms with E-state index in [9.17, 15) is 14.4 Å². The zero-order valence-electron chi connectivity index (χ0n) is 12.7. The highest BCUT2D eigenvalue weighted by Crippen LogP contribution is 2.15. The summed E-state index contributed by atoms with van der Waals surface area (Å²) in [6, 6.07) is 5.84. The van der Waals surface area contributed by atoms with Gasteiger partial charge in [-0.2, -0.15) is 0 Å². The number of nitrogens with one attached hydrogen (secondary N) is 2. The van der Waals surface area contributed by atoms with Crippen LogP contribution >= 0.6 is 11.8 Å². The van der Waals surface area contributed by atoms with Gasteiger partial charge in [0.1, 0.15) is 5.69 Å². The molecule has 8 nitrogen and oxygen atoms in total. The van der Waals surface area contributed by atoms with Gasteiger partial charge in [-0.1, -0.05) is 11.8 Å². The fraction of sp³-hybridized carbons (Fsp3) is 0.200. The van der Waals surface area contributed by atoms with E-state index in [4.69, 9.17) is 9.84 Å². The Morgan fingerprint density at radius 2 is 2.00 bits per heavy atom. The minimum atomic E-state index is -1.03. The first kappa shape index (κ1) is 17.5. The van der Waals surface area contributed by atoms with E-state index in [0.29, 0.717) is 10.8 Å². The number of rotatable bonds is 7. The molecule has 0 fully saturated rings. The molecule has 2 aromatic rings. The lowest BCUT2D eigenvalue weighted by atomic mass is 10.2. The lowest BCUT2D eigenvalue weighted by Crippen LogP contribution is -2.14. The van der Waals surface area contributed by atoms with Crippen LogP contribution in [0.5, 0.6) is 0 Å². The SMILES string of the molecule is CCOC(=O)c1cnc(SCC(=O)Nc2ccc(C(=O)O)cc2)[nH]1. The van der Waals surface area contributed by atoms with Gasteiger partial charge in [-0.05, 0) is 31.2 Å². The van der Waals surface area contributed by atoms with Crippen molar-refractivity contribution in [1.82, 2.24) is 9.97 Å². The zero-order valence-corrected chi connectivity index (χ0v) is 13.6. The number of H-pyrrole nitrogens is 1. The molecule has 0 bridgehead atoms. The number of anilines is 1. The van der Waals surface area contributed by atoms with Crippen molar-refractivity contribution in [2.45, 2.75) is 12.1 Å². The van der Waals surface area contributed by atoms with E-state index in [2.05, 4.69) is 15.3 Å². The number of nitrogens with zero attached hydrogens (tertiary/aromatic N) is 1. The molecule has 1 aromatic heterocycles. The largest absolute Gasteiger partial charge is 0.478 e. The summed E-state index contributed by atoms with van der Waals surface area (Å²) in [6.45, 7) is 1.97. The van der Waals surface area contributed by atoms with Gasteiger partial charge >= 0.3 is 11.9 Å². The predicted octanol–water partition coefficient (Wildman–Crippen LogP) is 2.02. The average Bonchev–Trinajstić information content (AvgIpc) is 3.03. The van der Waals surface area contributed by atoms with Gasteiger partial charge in [0, 0.05) is 5.69 Å². The second-order valence-corrected chi connectivity index (χ2v) is 5.51. The number of aromatic nitrogens is 2. The van der Waals surface area contributed by atoms with Crippen LogP contribution in [0, 0.1) is 0 Å².